The molecule has 0 radical (unpaired) electrons. The lowest BCUT2D eigenvalue weighted by atomic mass is 9.93. The van der Waals surface area contributed by atoms with Gasteiger partial charge in [0, 0.05) is 23.3 Å². The van der Waals surface area contributed by atoms with Gasteiger partial charge in [-0.1, -0.05) is 67.4 Å². The van der Waals surface area contributed by atoms with Gasteiger partial charge >= 0.3 is 41.6 Å². The largest absolute Gasteiger partial charge is 0.457 e. The molecule has 0 aromatic carbocycles. The fraction of sp³-hybridized carbons (Fsp3) is 0.812. The van der Waals surface area contributed by atoms with Gasteiger partial charge in [-0.25, -0.2) is 19.2 Å². The van der Waals surface area contributed by atoms with E-state index in [1.807, 2.05) is 0 Å². The third kappa shape index (κ3) is 12.1. The van der Waals surface area contributed by atoms with Gasteiger partial charge in [-0.05, 0) is 45.4 Å². The molecule has 46 heavy (non-hydrogen) atoms. The van der Waals surface area contributed by atoms with Gasteiger partial charge in [-0.15, -0.1) is 0 Å². The van der Waals surface area contributed by atoms with E-state index in [0.717, 1.165) is 0 Å². The van der Waals surface area contributed by atoms with Crippen LogP contribution >= 0.6 is 0 Å². The molecule has 0 aliphatic rings. The number of ether oxygens (including phenoxy) is 4. The molecule has 5 atom stereocenters. The van der Waals surface area contributed by atoms with Gasteiger partial charge in [0.15, 0.2) is 12.2 Å². The van der Waals surface area contributed by atoms with Crippen LogP contribution in [0.3, 0.4) is 0 Å². The van der Waals surface area contributed by atoms with Crippen molar-refractivity contribution >= 4 is 23.9 Å². The molecule has 0 spiro atoms. The van der Waals surface area contributed by atoms with Crippen LogP contribution in [-0.2, 0) is 38.1 Å². The summed E-state index contributed by atoms with van der Waals surface area (Å²) in [6.07, 6.45) is -4.09. The first-order valence-corrected chi connectivity index (χ1v) is 15.9. The van der Waals surface area contributed by atoms with E-state index in [4.69, 9.17) is 18.9 Å². The molecule has 0 aliphatic carbocycles. The summed E-state index contributed by atoms with van der Waals surface area (Å²) < 4.78 is 109. The van der Waals surface area contributed by atoms with Crippen LogP contribution in [0.5, 0.6) is 0 Å². The molecule has 0 aromatic rings. The molecule has 0 heterocycles. The number of halogens is 6. The van der Waals surface area contributed by atoms with E-state index in [9.17, 15) is 36.7 Å². The lowest BCUT2D eigenvalue weighted by Gasteiger charge is -2.31. The van der Waals surface area contributed by atoms with Crippen molar-refractivity contribution in [2.24, 2.45) is 17.8 Å². The number of hydrogen-bond donors (Lipinski definition) is 0. The number of alkyl halides is 6. The summed E-state index contributed by atoms with van der Waals surface area (Å²) in [5.41, 5.74) is -0.283. The molecule has 0 saturated carbocycles. The molecule has 0 fully saturated rings. The van der Waals surface area contributed by atoms with Crippen LogP contribution in [0.4, 0.5) is 26.3 Å². The molecule has 14 heteroatoms. The number of rotatable bonds is 23. The third-order valence-electron chi connectivity index (χ3n) is 7.78. The van der Waals surface area contributed by atoms with E-state index in [1.165, 1.54) is 27.7 Å². The smallest absolute Gasteiger partial charge is 0.377 e. The minimum absolute atomic E-state index is 0.0424. The first-order valence-electron chi connectivity index (χ1n) is 15.9. The predicted octanol–water partition coefficient (Wildman–Crippen LogP) is 7.86. The van der Waals surface area contributed by atoms with Crippen LogP contribution in [0.1, 0.15) is 106 Å². The number of hydrogen-bond acceptors (Lipinski definition) is 8. The van der Waals surface area contributed by atoms with Gasteiger partial charge in [0.2, 0.25) is 0 Å². The minimum Gasteiger partial charge on any atom is -0.457 e. The molecule has 5 unspecified atom stereocenters. The standard InChI is InChI=1S/C32H50F6O8/c1-9-15-21(12-4)30(33,34)27(40)43-18-24(45-26(39)20(7)8)25(46-29(42)32(37,38)23(14-6)17-11-3)19-44-28(41)31(35,36)22(13-5)16-10-2/h21-25H,7,9-19H2,1-6,8H3. The maximum Gasteiger partial charge on any atom is 0.377 e. The van der Waals surface area contributed by atoms with Crippen molar-refractivity contribution in [2.45, 2.75) is 136 Å². The topological polar surface area (TPSA) is 105 Å². The van der Waals surface area contributed by atoms with Gasteiger partial charge < -0.3 is 18.9 Å². The minimum atomic E-state index is -4.13. The highest BCUT2D eigenvalue weighted by atomic mass is 19.3. The Balaban J connectivity index is 6.61. The second-order valence-electron chi connectivity index (χ2n) is 11.4. The second kappa shape index (κ2) is 19.8. The first-order chi connectivity index (χ1) is 21.3. The molecule has 0 aromatic heterocycles. The lowest BCUT2D eigenvalue weighted by molar-refractivity contribution is -0.210. The Kier molecular flexibility index (Phi) is 18.6. The van der Waals surface area contributed by atoms with Crippen molar-refractivity contribution in [2.75, 3.05) is 13.2 Å². The van der Waals surface area contributed by atoms with E-state index >= 15 is 8.78 Å². The van der Waals surface area contributed by atoms with Crippen LogP contribution < -0.4 is 0 Å². The molecule has 0 aliphatic heterocycles. The van der Waals surface area contributed by atoms with Gasteiger partial charge in [0.25, 0.3) is 0 Å². The van der Waals surface area contributed by atoms with E-state index < -0.39 is 84.8 Å². The SMILES string of the molecule is C=C(C)C(=O)OC(COC(=O)C(F)(F)C(CC)CCC)C(COC(=O)C(F)(F)C(CC)CCC)OC(=O)C(F)(F)C(CC)CCC. The van der Waals surface area contributed by atoms with Crippen LogP contribution in [-0.4, -0.2) is 67.1 Å². The van der Waals surface area contributed by atoms with Crippen molar-refractivity contribution in [3.8, 4) is 0 Å². The van der Waals surface area contributed by atoms with Crippen molar-refractivity contribution in [3.05, 3.63) is 12.2 Å². The van der Waals surface area contributed by atoms with Crippen molar-refractivity contribution in [1.82, 2.24) is 0 Å². The molecule has 0 amide bonds. The molecule has 268 valence electrons. The van der Waals surface area contributed by atoms with Gasteiger partial charge in [-0.3, -0.25) is 0 Å². The van der Waals surface area contributed by atoms with Crippen molar-refractivity contribution < 1.29 is 64.5 Å². The Hall–Kier alpha value is -2.80. The van der Waals surface area contributed by atoms with Crippen LogP contribution in [0, 0.1) is 17.8 Å². The first kappa shape index (κ1) is 43.2. The number of carbonyl (C=O) groups is 4. The number of esters is 4. The van der Waals surface area contributed by atoms with E-state index in [2.05, 4.69) is 6.58 Å². The fourth-order valence-corrected chi connectivity index (χ4v) is 4.87. The Labute approximate surface area is 267 Å². The molecular weight excluding hydrogens is 626 g/mol. The highest BCUT2D eigenvalue weighted by Crippen LogP contribution is 2.35. The third-order valence-corrected chi connectivity index (χ3v) is 7.78. The van der Waals surface area contributed by atoms with E-state index in [-0.39, 0.29) is 50.5 Å². The Morgan fingerprint density at radius 2 is 0.870 bits per heavy atom. The van der Waals surface area contributed by atoms with E-state index in [0.29, 0.717) is 12.8 Å². The average Bonchev–Trinajstić information content (AvgIpc) is 3.00. The van der Waals surface area contributed by atoms with Crippen molar-refractivity contribution in [3.63, 3.8) is 0 Å². The fourth-order valence-electron chi connectivity index (χ4n) is 4.87. The van der Waals surface area contributed by atoms with Crippen LogP contribution in [0.25, 0.3) is 0 Å². The predicted molar refractivity (Wildman–Crippen MR) is 157 cm³/mol. The molecule has 8 nitrogen and oxygen atoms in total. The average molecular weight is 677 g/mol. The summed E-state index contributed by atoms with van der Waals surface area (Å²) in [6.45, 7) is 11.0. The summed E-state index contributed by atoms with van der Waals surface area (Å²) in [5, 5.41) is 0. The molecule has 0 rings (SSSR count). The van der Waals surface area contributed by atoms with E-state index in [1.54, 1.807) is 20.8 Å². The van der Waals surface area contributed by atoms with Gasteiger partial charge in [0.1, 0.15) is 13.2 Å². The van der Waals surface area contributed by atoms with Gasteiger partial charge in [-0.2, -0.15) is 26.3 Å². The molecular formula is C32H50F6O8. The Morgan fingerprint density at radius 1 is 0.565 bits per heavy atom. The summed E-state index contributed by atoms with van der Waals surface area (Å²) in [5.74, 6) is -24.1. The summed E-state index contributed by atoms with van der Waals surface area (Å²) in [6, 6.07) is 0. The van der Waals surface area contributed by atoms with Crippen molar-refractivity contribution in [1.29, 1.82) is 0 Å². The highest BCUT2D eigenvalue weighted by molar-refractivity contribution is 5.87. The maximum absolute atomic E-state index is 15.2. The quantitative estimate of drug-likeness (QED) is 0.0466. The molecule has 0 bridgehead atoms. The monoisotopic (exact) mass is 676 g/mol. The molecule has 0 saturated heterocycles. The van der Waals surface area contributed by atoms with Crippen LogP contribution in [0.15, 0.2) is 12.2 Å². The zero-order chi connectivity index (χ0) is 35.9. The lowest BCUT2D eigenvalue weighted by Crippen LogP contribution is -2.49. The molecule has 0 N–H and O–H groups in total. The second-order valence-corrected chi connectivity index (χ2v) is 11.4. The Morgan fingerprint density at radius 3 is 1.15 bits per heavy atom. The highest BCUT2D eigenvalue weighted by Gasteiger charge is 2.52. The normalized spacial score (nSPS) is 15.6. The summed E-state index contributed by atoms with van der Waals surface area (Å²) in [7, 11) is 0. The Bertz CT molecular complexity index is 1000. The van der Waals surface area contributed by atoms with Crippen LogP contribution in [0.2, 0.25) is 0 Å². The zero-order valence-corrected chi connectivity index (χ0v) is 27.9. The summed E-state index contributed by atoms with van der Waals surface area (Å²) in [4.78, 5) is 50.3. The summed E-state index contributed by atoms with van der Waals surface area (Å²) >= 11 is 0. The zero-order valence-electron chi connectivity index (χ0n) is 27.9. The maximum atomic E-state index is 15.2. The number of carbonyl (C=O) groups excluding carboxylic acids is 4. The van der Waals surface area contributed by atoms with Gasteiger partial charge in [0.05, 0.1) is 0 Å².